The zero-order chi connectivity index (χ0) is 4.41. The molecule has 0 atom stereocenters. The van der Waals surface area contributed by atoms with Gasteiger partial charge in [-0.1, -0.05) is 11.6 Å². The highest BCUT2D eigenvalue weighted by Crippen LogP contribution is 2.02. The first-order valence-corrected chi connectivity index (χ1v) is 1.89. The zero-order valence-electron chi connectivity index (χ0n) is 2.96. The molecule has 32 valence electrons. The molecule has 0 saturated carbocycles. The van der Waals surface area contributed by atoms with Crippen LogP contribution in [0.2, 0.25) is 0 Å². The molecular formula is C3H3ClN2. The molecule has 1 rings (SSSR count). The molecule has 1 aliphatic rings. The summed E-state index contributed by atoms with van der Waals surface area (Å²) >= 11 is 5.34. The highest BCUT2D eigenvalue weighted by Gasteiger charge is 1.96. The summed E-state index contributed by atoms with van der Waals surface area (Å²) in [7, 11) is 0. The van der Waals surface area contributed by atoms with E-state index in [1.165, 1.54) is 0 Å². The molecule has 1 aliphatic heterocycles. The minimum absolute atomic E-state index is 0.579. The number of rotatable bonds is 0. The molecule has 3 heteroatoms. The van der Waals surface area contributed by atoms with E-state index in [1.54, 1.807) is 6.20 Å². The second-order valence-electron chi connectivity index (χ2n) is 0.887. The van der Waals surface area contributed by atoms with Crippen molar-refractivity contribution in [3.8, 4) is 0 Å². The van der Waals surface area contributed by atoms with E-state index in [9.17, 15) is 0 Å². The van der Waals surface area contributed by atoms with E-state index in [4.69, 9.17) is 11.6 Å². The van der Waals surface area contributed by atoms with Crippen LogP contribution in [0.1, 0.15) is 0 Å². The van der Waals surface area contributed by atoms with Gasteiger partial charge in [0, 0.05) is 6.20 Å². The van der Waals surface area contributed by atoms with Crippen molar-refractivity contribution in [2.45, 2.75) is 0 Å². The fourth-order valence-electron chi connectivity index (χ4n) is 0.231. The molecule has 2 N–H and O–H groups in total. The lowest BCUT2D eigenvalue weighted by molar-refractivity contribution is 0.781. The number of nitrogens with one attached hydrogen (secondary N) is 2. The van der Waals surface area contributed by atoms with Crippen molar-refractivity contribution in [2.24, 2.45) is 0 Å². The normalized spacial score (nSPS) is 19.8. The Morgan fingerprint density at radius 3 is 2.83 bits per heavy atom. The van der Waals surface area contributed by atoms with Crippen molar-refractivity contribution >= 4 is 11.6 Å². The molecule has 2 nitrogen and oxygen atoms in total. The predicted molar refractivity (Wildman–Crippen MR) is 23.5 cm³/mol. The van der Waals surface area contributed by atoms with Crippen LogP contribution >= 0.6 is 11.6 Å². The summed E-state index contributed by atoms with van der Waals surface area (Å²) in [6.45, 7) is 2.58. The number of halogens is 1. The third-order valence-electron chi connectivity index (χ3n) is 0.453. The van der Waals surface area contributed by atoms with Crippen LogP contribution in [0.4, 0.5) is 0 Å². The molecule has 0 unspecified atom stereocenters. The van der Waals surface area contributed by atoms with Crippen LogP contribution < -0.4 is 10.9 Å². The molecular weight excluding hydrogens is 99.5 g/mol. The van der Waals surface area contributed by atoms with E-state index in [0.717, 1.165) is 0 Å². The van der Waals surface area contributed by atoms with Gasteiger partial charge in [0.05, 0.1) is 5.03 Å². The van der Waals surface area contributed by atoms with Crippen molar-refractivity contribution in [2.75, 3.05) is 0 Å². The van der Waals surface area contributed by atoms with Crippen LogP contribution in [0, 0.1) is 6.54 Å². The summed E-state index contributed by atoms with van der Waals surface area (Å²) in [5.74, 6) is 0. The minimum Gasteiger partial charge on any atom is -0.326 e. The lowest BCUT2D eigenvalue weighted by Gasteiger charge is -1.82. The quantitative estimate of drug-likeness (QED) is 0.457. The highest BCUT2D eigenvalue weighted by molar-refractivity contribution is 6.30. The maximum atomic E-state index is 5.34. The average molecular weight is 103 g/mol. The van der Waals surface area contributed by atoms with Gasteiger partial charge in [-0.05, 0) is 0 Å². The maximum Gasteiger partial charge on any atom is 0.128 e. The summed E-state index contributed by atoms with van der Waals surface area (Å²) in [4.78, 5) is 0. The molecule has 1 heterocycles. The van der Waals surface area contributed by atoms with E-state index in [2.05, 4.69) is 17.4 Å². The average Bonchev–Trinajstić information content (AvgIpc) is 1.86. The minimum atomic E-state index is 0.579. The molecule has 0 amide bonds. The van der Waals surface area contributed by atoms with E-state index in [0.29, 0.717) is 5.03 Å². The van der Waals surface area contributed by atoms with Crippen LogP contribution in [-0.4, -0.2) is 0 Å². The smallest absolute Gasteiger partial charge is 0.128 e. The summed E-state index contributed by atoms with van der Waals surface area (Å²) in [6.07, 6.45) is 1.61. The molecule has 0 aliphatic carbocycles. The van der Waals surface area contributed by atoms with E-state index in [-0.39, 0.29) is 0 Å². The lowest BCUT2D eigenvalue weighted by Crippen LogP contribution is -2.16. The molecule has 0 aromatic rings. The Kier molecular flexibility index (Phi) is 0.986. The van der Waals surface area contributed by atoms with Crippen molar-refractivity contribution in [1.82, 2.24) is 10.9 Å². The van der Waals surface area contributed by atoms with E-state index in [1.807, 2.05) is 0 Å². The molecule has 0 fully saturated rings. The lowest BCUT2D eigenvalue weighted by atomic mass is 10.6. The van der Waals surface area contributed by atoms with Gasteiger partial charge in [0.1, 0.15) is 6.54 Å². The molecule has 0 spiro atoms. The van der Waals surface area contributed by atoms with Crippen LogP contribution in [0.5, 0.6) is 0 Å². The van der Waals surface area contributed by atoms with Gasteiger partial charge in [-0.25, -0.2) is 5.43 Å². The molecule has 0 bridgehead atoms. The number of hydrazine groups is 1. The van der Waals surface area contributed by atoms with Crippen LogP contribution in [0.25, 0.3) is 0 Å². The summed E-state index contributed by atoms with van der Waals surface area (Å²) in [5, 5.41) is 0.579. The molecule has 2 radical (unpaired) electrons. The Labute approximate surface area is 41.1 Å². The maximum absolute atomic E-state index is 5.34. The van der Waals surface area contributed by atoms with E-state index < -0.39 is 0 Å². The summed E-state index contributed by atoms with van der Waals surface area (Å²) < 4.78 is 0. The predicted octanol–water partition coefficient (Wildman–Crippen LogP) is 0.213. The van der Waals surface area contributed by atoms with Crippen molar-refractivity contribution in [3.63, 3.8) is 0 Å². The van der Waals surface area contributed by atoms with Crippen LogP contribution in [-0.2, 0) is 0 Å². The number of hydrogen-bond acceptors (Lipinski definition) is 2. The Hall–Kier alpha value is -0.210. The molecule has 0 aromatic carbocycles. The second-order valence-corrected chi connectivity index (χ2v) is 1.29. The van der Waals surface area contributed by atoms with Gasteiger partial charge in [0.15, 0.2) is 0 Å². The number of hydrogen-bond donors (Lipinski definition) is 2. The molecule has 0 aromatic heterocycles. The third kappa shape index (κ3) is 0.640. The van der Waals surface area contributed by atoms with Crippen molar-refractivity contribution < 1.29 is 0 Å². The van der Waals surface area contributed by atoms with Crippen LogP contribution in [0.3, 0.4) is 0 Å². The molecule has 0 saturated heterocycles. The Balaban J connectivity index is 2.45. The first-order valence-electron chi connectivity index (χ1n) is 1.52. The fourth-order valence-corrected chi connectivity index (χ4v) is 0.333. The summed E-state index contributed by atoms with van der Waals surface area (Å²) in [5.41, 5.74) is 5.16. The largest absolute Gasteiger partial charge is 0.326 e. The first kappa shape index (κ1) is 3.96. The monoisotopic (exact) mass is 102 g/mol. The topological polar surface area (TPSA) is 24.1 Å². The second kappa shape index (κ2) is 1.49. The van der Waals surface area contributed by atoms with Crippen LogP contribution in [0.15, 0.2) is 11.2 Å². The Bertz CT molecular complexity index is 78.9. The highest BCUT2D eigenvalue weighted by atomic mass is 35.5. The standard InChI is InChI=1S/C3H3ClN2/c4-3-1-5-6-2-3/h1,5-6H. The molecule has 6 heavy (non-hydrogen) atoms. The van der Waals surface area contributed by atoms with Gasteiger partial charge in [-0.3, -0.25) is 0 Å². The van der Waals surface area contributed by atoms with Crippen molar-refractivity contribution in [3.05, 3.63) is 17.8 Å². The zero-order valence-corrected chi connectivity index (χ0v) is 3.71. The van der Waals surface area contributed by atoms with E-state index >= 15 is 0 Å². The van der Waals surface area contributed by atoms with Crippen molar-refractivity contribution in [1.29, 1.82) is 0 Å². The SMILES string of the molecule is ClC1=CNN[C]1. The van der Waals surface area contributed by atoms with Gasteiger partial charge in [0.25, 0.3) is 0 Å². The third-order valence-corrected chi connectivity index (χ3v) is 0.657. The Morgan fingerprint density at radius 1 is 1.83 bits per heavy atom. The van der Waals surface area contributed by atoms with Gasteiger partial charge in [-0.2, -0.15) is 0 Å². The van der Waals surface area contributed by atoms with Gasteiger partial charge >= 0.3 is 0 Å². The Morgan fingerprint density at radius 2 is 2.67 bits per heavy atom. The van der Waals surface area contributed by atoms with Gasteiger partial charge in [0.2, 0.25) is 0 Å². The van der Waals surface area contributed by atoms with Gasteiger partial charge < -0.3 is 5.43 Å². The van der Waals surface area contributed by atoms with Gasteiger partial charge in [-0.15, -0.1) is 0 Å². The first-order chi connectivity index (χ1) is 2.89. The summed E-state index contributed by atoms with van der Waals surface area (Å²) in [6, 6.07) is 0. The fraction of sp³-hybridized carbons (Fsp3) is 0.